The van der Waals surface area contributed by atoms with Crippen LogP contribution in [0.3, 0.4) is 0 Å². The van der Waals surface area contributed by atoms with E-state index in [2.05, 4.69) is 55.0 Å². The van der Waals surface area contributed by atoms with Crippen molar-refractivity contribution in [2.45, 2.75) is 45.9 Å². The summed E-state index contributed by atoms with van der Waals surface area (Å²) >= 11 is 11.4. The second kappa shape index (κ2) is 6.44. The maximum atomic E-state index is 6.19. The molecule has 1 fully saturated rings. The van der Waals surface area contributed by atoms with Crippen molar-refractivity contribution in [3.63, 3.8) is 0 Å². The van der Waals surface area contributed by atoms with Crippen molar-refractivity contribution >= 4 is 38.9 Å². The van der Waals surface area contributed by atoms with Gasteiger partial charge in [0.15, 0.2) is 0 Å². The van der Waals surface area contributed by atoms with Crippen LogP contribution in [0.2, 0.25) is 4.34 Å². The van der Waals surface area contributed by atoms with E-state index in [0.29, 0.717) is 24.0 Å². The Bertz CT molecular complexity index is 420. The van der Waals surface area contributed by atoms with E-state index >= 15 is 0 Å². The van der Waals surface area contributed by atoms with Crippen LogP contribution in [0.1, 0.15) is 38.6 Å². The Labute approximate surface area is 133 Å². The first kappa shape index (κ1) is 15.8. The Hall–Kier alpha value is 0.390. The Balaban J connectivity index is 2.29. The second-order valence-electron chi connectivity index (χ2n) is 5.29. The minimum Gasteiger partial charge on any atom is -0.375 e. The molecule has 1 N–H and O–H groups in total. The number of ether oxygens (including phenoxy) is 1. The quantitative estimate of drug-likeness (QED) is 0.820. The van der Waals surface area contributed by atoms with Crippen molar-refractivity contribution in [1.29, 1.82) is 0 Å². The van der Waals surface area contributed by atoms with Gasteiger partial charge in [0.05, 0.1) is 12.2 Å². The molecule has 0 spiro atoms. The number of thiophene rings is 1. The summed E-state index contributed by atoms with van der Waals surface area (Å²) in [5, 5.41) is 3.61. The summed E-state index contributed by atoms with van der Waals surface area (Å²) in [6.07, 6.45) is 0.591. The average Bonchev–Trinajstić information content (AvgIpc) is 2.79. The fourth-order valence-corrected chi connectivity index (χ4v) is 4.90. The Kier molecular flexibility index (Phi) is 5.34. The zero-order chi connectivity index (χ0) is 14.2. The molecular weight excluding hydrogens is 346 g/mol. The van der Waals surface area contributed by atoms with Gasteiger partial charge in [-0.25, -0.2) is 0 Å². The molecule has 2 rings (SSSR count). The summed E-state index contributed by atoms with van der Waals surface area (Å²) in [7, 11) is 0. The highest BCUT2D eigenvalue weighted by atomic mass is 79.9. The predicted octanol–water partition coefficient (Wildman–Crippen LogP) is 4.87. The van der Waals surface area contributed by atoms with E-state index in [1.54, 1.807) is 11.3 Å². The van der Waals surface area contributed by atoms with E-state index in [0.717, 1.165) is 15.4 Å². The Morgan fingerprint density at radius 2 is 2.11 bits per heavy atom. The van der Waals surface area contributed by atoms with Crippen LogP contribution in [0, 0.1) is 11.8 Å². The van der Waals surface area contributed by atoms with Crippen molar-refractivity contribution < 1.29 is 4.74 Å². The maximum absolute atomic E-state index is 6.19. The van der Waals surface area contributed by atoms with E-state index in [1.165, 1.54) is 4.88 Å². The van der Waals surface area contributed by atoms with E-state index in [-0.39, 0.29) is 6.10 Å². The lowest BCUT2D eigenvalue weighted by Crippen LogP contribution is -2.34. The molecule has 5 heteroatoms. The highest BCUT2D eigenvalue weighted by molar-refractivity contribution is 9.10. The second-order valence-corrected chi connectivity index (χ2v) is 7.83. The number of rotatable bonds is 4. The largest absolute Gasteiger partial charge is 0.375 e. The average molecular weight is 367 g/mol. The van der Waals surface area contributed by atoms with E-state index in [1.807, 2.05) is 0 Å². The van der Waals surface area contributed by atoms with Crippen molar-refractivity contribution in [1.82, 2.24) is 5.32 Å². The van der Waals surface area contributed by atoms with Crippen LogP contribution in [0.25, 0.3) is 0 Å². The smallest absolute Gasteiger partial charge is 0.107 e. The molecule has 1 aliphatic rings. The van der Waals surface area contributed by atoms with Crippen LogP contribution in [-0.2, 0) is 4.74 Å². The van der Waals surface area contributed by atoms with Gasteiger partial charge in [0.25, 0.3) is 0 Å². The van der Waals surface area contributed by atoms with Gasteiger partial charge >= 0.3 is 0 Å². The summed E-state index contributed by atoms with van der Waals surface area (Å²) < 4.78 is 7.81. The summed E-state index contributed by atoms with van der Waals surface area (Å²) in [5.41, 5.74) is 0. The highest BCUT2D eigenvalue weighted by Gasteiger charge is 2.42. The zero-order valence-electron chi connectivity index (χ0n) is 11.7. The van der Waals surface area contributed by atoms with Crippen molar-refractivity contribution in [3.8, 4) is 0 Å². The number of nitrogens with one attached hydrogen (secondary N) is 1. The number of hydrogen-bond acceptors (Lipinski definition) is 3. The lowest BCUT2D eigenvalue weighted by atomic mass is 9.83. The van der Waals surface area contributed by atoms with E-state index in [4.69, 9.17) is 16.3 Å². The normalized spacial score (nSPS) is 32.7. The summed E-state index contributed by atoms with van der Waals surface area (Å²) in [4.78, 5) is 1.29. The first-order chi connectivity index (χ1) is 8.95. The lowest BCUT2D eigenvalue weighted by molar-refractivity contribution is 0.0477. The fourth-order valence-electron chi connectivity index (χ4n) is 3.03. The minimum absolute atomic E-state index is 0.272. The number of halogens is 2. The molecule has 0 amide bonds. The third-order valence-electron chi connectivity index (χ3n) is 4.10. The molecule has 1 aromatic heterocycles. The van der Waals surface area contributed by atoms with Gasteiger partial charge in [0.1, 0.15) is 4.34 Å². The molecule has 2 heterocycles. The van der Waals surface area contributed by atoms with Crippen LogP contribution in [0.4, 0.5) is 0 Å². The molecule has 19 heavy (non-hydrogen) atoms. The molecule has 2 nitrogen and oxygen atoms in total. The van der Waals surface area contributed by atoms with Crippen molar-refractivity contribution in [3.05, 3.63) is 19.8 Å². The SMILES string of the molecule is CCNC(c1cc(Br)c(Cl)s1)C1C(C)OC(C)C1C. The first-order valence-electron chi connectivity index (χ1n) is 6.79. The maximum Gasteiger partial charge on any atom is 0.107 e. The first-order valence-corrected chi connectivity index (χ1v) is 8.78. The third-order valence-corrected chi connectivity index (χ3v) is 6.66. The van der Waals surface area contributed by atoms with Crippen LogP contribution in [0.5, 0.6) is 0 Å². The molecule has 5 unspecified atom stereocenters. The number of hydrogen-bond donors (Lipinski definition) is 1. The van der Waals surface area contributed by atoms with Gasteiger partial charge < -0.3 is 10.1 Å². The Morgan fingerprint density at radius 1 is 1.42 bits per heavy atom. The summed E-state index contributed by atoms with van der Waals surface area (Å²) in [6, 6.07) is 2.46. The molecule has 0 aliphatic carbocycles. The summed E-state index contributed by atoms with van der Waals surface area (Å²) in [6.45, 7) is 9.72. The van der Waals surface area contributed by atoms with Gasteiger partial charge in [0.2, 0.25) is 0 Å². The molecule has 1 aliphatic heterocycles. The monoisotopic (exact) mass is 365 g/mol. The Morgan fingerprint density at radius 3 is 2.53 bits per heavy atom. The summed E-state index contributed by atoms with van der Waals surface area (Å²) in [5.74, 6) is 1.02. The molecule has 1 saturated heterocycles. The molecular formula is C14H21BrClNOS. The van der Waals surface area contributed by atoms with Crippen LogP contribution in [0.15, 0.2) is 10.5 Å². The molecule has 5 atom stereocenters. The van der Waals surface area contributed by atoms with Gasteiger partial charge in [-0.05, 0) is 48.3 Å². The molecule has 1 aromatic rings. The van der Waals surface area contributed by atoms with Crippen LogP contribution in [-0.4, -0.2) is 18.8 Å². The highest BCUT2D eigenvalue weighted by Crippen LogP contribution is 2.44. The van der Waals surface area contributed by atoms with Gasteiger partial charge in [-0.15, -0.1) is 11.3 Å². The predicted molar refractivity (Wildman–Crippen MR) is 86.1 cm³/mol. The standard InChI is InChI=1S/C14H21BrClNOS/c1-5-17-13(11-6-10(15)14(16)19-11)12-7(2)8(3)18-9(12)4/h6-9,12-13,17H,5H2,1-4H3. The van der Waals surface area contributed by atoms with Crippen molar-refractivity contribution in [2.75, 3.05) is 6.54 Å². The van der Waals surface area contributed by atoms with Crippen LogP contribution >= 0.6 is 38.9 Å². The lowest BCUT2D eigenvalue weighted by Gasteiger charge is -2.28. The van der Waals surface area contributed by atoms with Crippen molar-refractivity contribution in [2.24, 2.45) is 11.8 Å². The van der Waals surface area contributed by atoms with Gasteiger partial charge in [-0.1, -0.05) is 25.4 Å². The zero-order valence-corrected chi connectivity index (χ0v) is 14.9. The van der Waals surface area contributed by atoms with Gasteiger partial charge in [0, 0.05) is 21.3 Å². The third kappa shape index (κ3) is 3.18. The topological polar surface area (TPSA) is 21.3 Å². The van der Waals surface area contributed by atoms with Gasteiger partial charge in [-0.2, -0.15) is 0 Å². The minimum atomic E-state index is 0.272. The fraction of sp³-hybridized carbons (Fsp3) is 0.714. The van der Waals surface area contributed by atoms with E-state index in [9.17, 15) is 0 Å². The van der Waals surface area contributed by atoms with E-state index < -0.39 is 0 Å². The molecule has 0 bridgehead atoms. The molecule has 108 valence electrons. The molecule has 0 radical (unpaired) electrons. The molecule has 0 aromatic carbocycles. The van der Waals surface area contributed by atoms with Crippen LogP contribution < -0.4 is 5.32 Å². The van der Waals surface area contributed by atoms with Gasteiger partial charge in [-0.3, -0.25) is 0 Å². The molecule has 0 saturated carbocycles.